The quantitative estimate of drug-likeness (QED) is 0.476. The molecular formula is C24H29F6N3O7. The number of rotatable bonds is 6. The predicted octanol–water partition coefficient (Wildman–Crippen LogP) is 4.15. The van der Waals surface area contributed by atoms with Gasteiger partial charge in [-0.2, -0.15) is 26.3 Å². The molecule has 2 N–H and O–H groups in total. The Bertz CT molecular complexity index is 1050. The number of halogens is 6. The maximum atomic E-state index is 10.6. The zero-order valence-electron chi connectivity index (χ0n) is 21.5. The van der Waals surface area contributed by atoms with Crippen LogP contribution in [0.2, 0.25) is 0 Å². The molecule has 2 aliphatic rings. The van der Waals surface area contributed by atoms with Crippen LogP contribution in [0.15, 0.2) is 29.0 Å². The van der Waals surface area contributed by atoms with Gasteiger partial charge in [0.2, 0.25) is 0 Å². The molecule has 3 atom stereocenters. The van der Waals surface area contributed by atoms with E-state index in [4.69, 9.17) is 33.8 Å². The van der Waals surface area contributed by atoms with E-state index < -0.39 is 24.3 Å². The second-order valence-corrected chi connectivity index (χ2v) is 9.06. The minimum absolute atomic E-state index is 0.318. The Kier molecular flexibility index (Phi) is 11.9. The third-order valence-corrected chi connectivity index (χ3v) is 6.15. The number of nitrogens with zero attached hydrogens (tertiary/aromatic N) is 3. The van der Waals surface area contributed by atoms with E-state index in [1.54, 1.807) is 0 Å². The van der Waals surface area contributed by atoms with Crippen molar-refractivity contribution in [1.82, 2.24) is 15.0 Å². The third-order valence-electron chi connectivity index (χ3n) is 6.15. The molecule has 3 unspecified atom stereocenters. The molecule has 0 bridgehead atoms. The number of pyridine rings is 1. The molecule has 10 nitrogen and oxygen atoms in total. The first-order valence-electron chi connectivity index (χ1n) is 11.9. The van der Waals surface area contributed by atoms with Gasteiger partial charge in [0, 0.05) is 43.7 Å². The second kappa shape index (κ2) is 14.4. The zero-order chi connectivity index (χ0) is 30.1. The summed E-state index contributed by atoms with van der Waals surface area (Å²) in [4.78, 5) is 24.4. The van der Waals surface area contributed by atoms with Crippen LogP contribution in [0.3, 0.4) is 0 Å². The number of aliphatic carboxylic acids is 2. The van der Waals surface area contributed by atoms with E-state index in [-0.39, 0.29) is 0 Å². The zero-order valence-corrected chi connectivity index (χ0v) is 21.5. The van der Waals surface area contributed by atoms with Gasteiger partial charge in [-0.05, 0) is 50.3 Å². The Labute approximate surface area is 224 Å². The number of ether oxygens (including phenoxy) is 2. The molecule has 2 aromatic heterocycles. The van der Waals surface area contributed by atoms with Crippen LogP contribution in [0.5, 0.6) is 0 Å². The standard InChI is InChI=1S/C20H27N3O3.2C2HF3O2/c1-14-18(15(2)26-22-14)11-23-7-8-25-20-10-17(9-19(20)23)13-24-12-16-3-5-21-6-4-16;2*3-2(4,5)1(6)7/h3-6,17,19-20H,7-13H2,1-2H3;2*(H,6,7). The maximum Gasteiger partial charge on any atom is 0.490 e. The minimum Gasteiger partial charge on any atom is -0.475 e. The summed E-state index contributed by atoms with van der Waals surface area (Å²) in [5.74, 6) is -4.03. The summed E-state index contributed by atoms with van der Waals surface area (Å²) >= 11 is 0. The number of hydrogen-bond donors (Lipinski definition) is 2. The normalized spacial score (nSPS) is 20.9. The van der Waals surface area contributed by atoms with Gasteiger partial charge >= 0.3 is 24.3 Å². The molecule has 224 valence electrons. The SMILES string of the molecule is Cc1noc(C)c1CN1CCOC2CC(COCc3ccncc3)CC21.O=C(O)C(F)(F)F.O=C(O)C(F)(F)F. The van der Waals surface area contributed by atoms with Crippen LogP contribution in [0, 0.1) is 19.8 Å². The largest absolute Gasteiger partial charge is 0.490 e. The summed E-state index contributed by atoms with van der Waals surface area (Å²) in [7, 11) is 0. The van der Waals surface area contributed by atoms with Crippen molar-refractivity contribution < 1.29 is 60.1 Å². The molecule has 0 spiro atoms. The van der Waals surface area contributed by atoms with Crippen molar-refractivity contribution in [2.24, 2.45) is 5.92 Å². The number of aryl methyl sites for hydroxylation is 2. The van der Waals surface area contributed by atoms with Crippen LogP contribution in [0.1, 0.15) is 35.4 Å². The molecule has 1 aliphatic heterocycles. The Balaban J connectivity index is 0.000000333. The highest BCUT2D eigenvalue weighted by atomic mass is 19.4. The summed E-state index contributed by atoms with van der Waals surface area (Å²) in [6, 6.07) is 4.47. The van der Waals surface area contributed by atoms with Gasteiger partial charge in [-0.1, -0.05) is 5.16 Å². The number of morpholine rings is 1. The highest BCUT2D eigenvalue weighted by Gasteiger charge is 2.41. The molecule has 2 aromatic rings. The molecular weight excluding hydrogens is 556 g/mol. The monoisotopic (exact) mass is 585 g/mol. The lowest BCUT2D eigenvalue weighted by atomic mass is 10.1. The fraction of sp³-hybridized carbons (Fsp3) is 0.583. The summed E-state index contributed by atoms with van der Waals surface area (Å²) in [6.45, 7) is 8.13. The van der Waals surface area contributed by atoms with Crippen LogP contribution in [0.4, 0.5) is 26.3 Å². The molecule has 16 heteroatoms. The van der Waals surface area contributed by atoms with Gasteiger partial charge in [0.1, 0.15) is 5.76 Å². The van der Waals surface area contributed by atoms with E-state index >= 15 is 0 Å². The molecule has 40 heavy (non-hydrogen) atoms. The molecule has 0 radical (unpaired) electrons. The molecule has 1 aliphatic carbocycles. The number of hydrogen-bond acceptors (Lipinski definition) is 8. The Morgan fingerprint density at radius 1 is 1.05 bits per heavy atom. The van der Waals surface area contributed by atoms with Crippen molar-refractivity contribution in [3.63, 3.8) is 0 Å². The van der Waals surface area contributed by atoms with Crippen LogP contribution in [-0.4, -0.2) is 81.4 Å². The summed E-state index contributed by atoms with van der Waals surface area (Å²) in [5, 5.41) is 18.3. The number of carboxylic acid groups (broad SMARTS) is 2. The van der Waals surface area contributed by atoms with Crippen molar-refractivity contribution >= 4 is 11.9 Å². The molecule has 1 saturated heterocycles. The van der Waals surface area contributed by atoms with E-state index in [9.17, 15) is 26.3 Å². The molecule has 1 saturated carbocycles. The second-order valence-electron chi connectivity index (χ2n) is 9.06. The predicted molar refractivity (Wildman–Crippen MR) is 124 cm³/mol. The number of aromatic nitrogens is 2. The Morgan fingerprint density at radius 2 is 1.62 bits per heavy atom. The van der Waals surface area contributed by atoms with Crippen LogP contribution in [-0.2, 0) is 32.2 Å². The average Bonchev–Trinajstić information content (AvgIpc) is 3.43. The van der Waals surface area contributed by atoms with Gasteiger partial charge in [-0.3, -0.25) is 9.88 Å². The van der Waals surface area contributed by atoms with E-state index in [0.717, 1.165) is 50.6 Å². The molecule has 3 heterocycles. The average molecular weight is 585 g/mol. The smallest absolute Gasteiger partial charge is 0.475 e. The van der Waals surface area contributed by atoms with Crippen LogP contribution in [0.25, 0.3) is 0 Å². The summed E-state index contributed by atoms with van der Waals surface area (Å²) in [6.07, 6.45) is -4.02. The van der Waals surface area contributed by atoms with Crippen molar-refractivity contribution in [3.8, 4) is 0 Å². The number of fused-ring (bicyclic) bond motifs is 1. The van der Waals surface area contributed by atoms with Crippen molar-refractivity contribution in [2.75, 3.05) is 19.8 Å². The van der Waals surface area contributed by atoms with Crippen molar-refractivity contribution in [2.45, 2.75) is 64.3 Å². The van der Waals surface area contributed by atoms with Crippen LogP contribution < -0.4 is 0 Å². The highest BCUT2D eigenvalue weighted by Crippen LogP contribution is 2.35. The van der Waals surface area contributed by atoms with E-state index in [1.165, 1.54) is 11.1 Å². The van der Waals surface area contributed by atoms with E-state index in [0.29, 0.717) is 24.7 Å². The maximum absolute atomic E-state index is 10.6. The lowest BCUT2D eigenvalue weighted by Gasteiger charge is -2.37. The van der Waals surface area contributed by atoms with Gasteiger partial charge in [0.15, 0.2) is 0 Å². The molecule has 0 aromatic carbocycles. The number of alkyl halides is 6. The fourth-order valence-electron chi connectivity index (χ4n) is 4.21. The Hall–Kier alpha value is -3.24. The first kappa shape index (κ1) is 33.0. The van der Waals surface area contributed by atoms with Crippen LogP contribution >= 0.6 is 0 Å². The molecule has 2 fully saturated rings. The fourth-order valence-corrected chi connectivity index (χ4v) is 4.21. The van der Waals surface area contributed by atoms with E-state index in [2.05, 4.69) is 15.0 Å². The van der Waals surface area contributed by atoms with Gasteiger partial charge in [-0.15, -0.1) is 0 Å². The van der Waals surface area contributed by atoms with Gasteiger partial charge in [0.25, 0.3) is 0 Å². The van der Waals surface area contributed by atoms with Gasteiger partial charge < -0.3 is 24.2 Å². The summed E-state index contributed by atoms with van der Waals surface area (Å²) < 4.78 is 80.8. The van der Waals surface area contributed by atoms with Gasteiger partial charge in [0.05, 0.1) is 25.0 Å². The topological polar surface area (TPSA) is 135 Å². The lowest BCUT2D eigenvalue weighted by Crippen LogP contribution is -2.48. The van der Waals surface area contributed by atoms with E-state index in [1.807, 2.05) is 38.4 Å². The molecule has 4 rings (SSSR count). The first-order valence-corrected chi connectivity index (χ1v) is 11.9. The third kappa shape index (κ3) is 10.4. The summed E-state index contributed by atoms with van der Waals surface area (Å²) in [5.41, 5.74) is 3.40. The number of carboxylic acids is 2. The van der Waals surface area contributed by atoms with Crippen molar-refractivity contribution in [1.29, 1.82) is 0 Å². The molecule has 0 amide bonds. The first-order chi connectivity index (χ1) is 18.6. The number of carbonyl (C=O) groups is 2. The minimum atomic E-state index is -5.08. The highest BCUT2D eigenvalue weighted by molar-refractivity contribution is 5.73. The van der Waals surface area contributed by atoms with Crippen molar-refractivity contribution in [3.05, 3.63) is 47.1 Å². The Morgan fingerprint density at radius 3 is 2.12 bits per heavy atom. The lowest BCUT2D eigenvalue weighted by molar-refractivity contribution is -0.193. The van der Waals surface area contributed by atoms with Gasteiger partial charge in [-0.25, -0.2) is 9.59 Å².